The summed E-state index contributed by atoms with van der Waals surface area (Å²) < 4.78 is 5.98. The number of aryl methyl sites for hydroxylation is 1. The molecule has 2 atom stereocenters. The number of carbonyl (C=O) groups excluding carboxylic acids is 2. The van der Waals surface area contributed by atoms with Gasteiger partial charge in [-0.05, 0) is 68.4 Å². The van der Waals surface area contributed by atoms with E-state index < -0.39 is 6.10 Å². The van der Waals surface area contributed by atoms with Crippen molar-refractivity contribution >= 4 is 23.2 Å². The standard InChI is InChI=1S/C24H30N2O3/c1-5-15(2)20-8-6-7-9-22(20)29-17(4)23(27)25-19-13-10-16(3)21(14-19)26-24(28)18-11-12-18/h6-10,13-15,17-18H,5,11-12H2,1-4H3,(H,25,27)(H,26,28). The van der Waals surface area contributed by atoms with E-state index in [0.717, 1.165) is 41.8 Å². The molecule has 0 aromatic heterocycles. The highest BCUT2D eigenvalue weighted by Gasteiger charge is 2.29. The predicted octanol–water partition coefficient (Wildman–Crippen LogP) is 5.26. The molecule has 0 heterocycles. The summed E-state index contributed by atoms with van der Waals surface area (Å²) in [5, 5.41) is 5.85. The van der Waals surface area contributed by atoms with E-state index in [2.05, 4.69) is 24.5 Å². The molecule has 0 radical (unpaired) electrons. The molecule has 2 aromatic rings. The van der Waals surface area contributed by atoms with Gasteiger partial charge in [-0.15, -0.1) is 0 Å². The topological polar surface area (TPSA) is 67.4 Å². The van der Waals surface area contributed by atoms with Gasteiger partial charge in [0.1, 0.15) is 5.75 Å². The van der Waals surface area contributed by atoms with Crippen molar-refractivity contribution in [2.75, 3.05) is 10.6 Å². The number of hydrogen-bond acceptors (Lipinski definition) is 3. The lowest BCUT2D eigenvalue weighted by Gasteiger charge is -2.20. The number of nitrogens with one attached hydrogen (secondary N) is 2. The van der Waals surface area contributed by atoms with E-state index in [0.29, 0.717) is 11.6 Å². The number of anilines is 2. The minimum Gasteiger partial charge on any atom is -0.481 e. The Morgan fingerprint density at radius 2 is 1.83 bits per heavy atom. The molecule has 0 spiro atoms. The zero-order chi connectivity index (χ0) is 21.0. The van der Waals surface area contributed by atoms with E-state index in [9.17, 15) is 9.59 Å². The van der Waals surface area contributed by atoms with Crippen LogP contribution in [-0.4, -0.2) is 17.9 Å². The van der Waals surface area contributed by atoms with Crippen molar-refractivity contribution in [3.8, 4) is 5.75 Å². The van der Waals surface area contributed by atoms with Gasteiger partial charge in [0.05, 0.1) is 0 Å². The fraction of sp³-hybridized carbons (Fsp3) is 0.417. The molecule has 3 rings (SSSR count). The van der Waals surface area contributed by atoms with Crippen molar-refractivity contribution < 1.29 is 14.3 Å². The number of para-hydroxylation sites is 1. The smallest absolute Gasteiger partial charge is 0.265 e. The summed E-state index contributed by atoms with van der Waals surface area (Å²) in [5.74, 6) is 1.05. The third-order valence-electron chi connectivity index (χ3n) is 5.45. The summed E-state index contributed by atoms with van der Waals surface area (Å²) in [7, 11) is 0. The first-order valence-electron chi connectivity index (χ1n) is 10.4. The summed E-state index contributed by atoms with van der Waals surface area (Å²) >= 11 is 0. The lowest BCUT2D eigenvalue weighted by Crippen LogP contribution is -2.30. The van der Waals surface area contributed by atoms with Crippen molar-refractivity contribution in [2.45, 2.75) is 59.0 Å². The minimum atomic E-state index is -0.647. The molecule has 2 amide bonds. The number of benzene rings is 2. The van der Waals surface area contributed by atoms with Crippen molar-refractivity contribution in [1.82, 2.24) is 0 Å². The van der Waals surface area contributed by atoms with E-state index in [1.807, 2.05) is 43.3 Å². The van der Waals surface area contributed by atoms with Crippen molar-refractivity contribution in [1.29, 1.82) is 0 Å². The Labute approximate surface area is 172 Å². The molecule has 1 fully saturated rings. The van der Waals surface area contributed by atoms with Crippen LogP contribution >= 0.6 is 0 Å². The summed E-state index contributed by atoms with van der Waals surface area (Å²) in [6.45, 7) is 7.96. The van der Waals surface area contributed by atoms with Crippen molar-refractivity contribution in [3.63, 3.8) is 0 Å². The first kappa shape index (κ1) is 20.9. The predicted molar refractivity (Wildman–Crippen MR) is 116 cm³/mol. The zero-order valence-corrected chi connectivity index (χ0v) is 17.6. The number of hydrogen-bond donors (Lipinski definition) is 2. The van der Waals surface area contributed by atoms with Crippen LogP contribution in [0.2, 0.25) is 0 Å². The third kappa shape index (κ3) is 5.37. The van der Waals surface area contributed by atoms with Crippen LogP contribution in [0, 0.1) is 12.8 Å². The Hall–Kier alpha value is -2.82. The maximum atomic E-state index is 12.7. The normalized spacial score (nSPS) is 15.3. The van der Waals surface area contributed by atoms with E-state index in [-0.39, 0.29) is 17.7 Å². The Kier molecular flexibility index (Phi) is 6.57. The molecular formula is C24H30N2O3. The van der Waals surface area contributed by atoms with Crippen LogP contribution in [0.5, 0.6) is 5.75 Å². The Bertz CT molecular complexity index is 889. The molecule has 1 aliphatic carbocycles. The highest BCUT2D eigenvalue weighted by molar-refractivity contribution is 5.97. The zero-order valence-electron chi connectivity index (χ0n) is 17.6. The van der Waals surface area contributed by atoms with Crippen LogP contribution in [0.3, 0.4) is 0 Å². The average Bonchev–Trinajstić information content (AvgIpc) is 3.55. The second-order valence-electron chi connectivity index (χ2n) is 7.89. The van der Waals surface area contributed by atoms with Crippen LogP contribution in [0.4, 0.5) is 11.4 Å². The monoisotopic (exact) mass is 394 g/mol. The highest BCUT2D eigenvalue weighted by Crippen LogP contribution is 2.31. The Morgan fingerprint density at radius 3 is 2.52 bits per heavy atom. The van der Waals surface area contributed by atoms with Gasteiger partial charge < -0.3 is 15.4 Å². The average molecular weight is 395 g/mol. The molecule has 2 aromatic carbocycles. The van der Waals surface area contributed by atoms with E-state index >= 15 is 0 Å². The Morgan fingerprint density at radius 1 is 1.10 bits per heavy atom. The lowest BCUT2D eigenvalue weighted by atomic mass is 9.98. The molecule has 2 unspecified atom stereocenters. The molecule has 154 valence electrons. The molecular weight excluding hydrogens is 364 g/mol. The van der Waals surface area contributed by atoms with Gasteiger partial charge in [0, 0.05) is 17.3 Å². The van der Waals surface area contributed by atoms with Gasteiger partial charge in [-0.3, -0.25) is 9.59 Å². The fourth-order valence-electron chi connectivity index (χ4n) is 3.12. The maximum Gasteiger partial charge on any atom is 0.265 e. The van der Waals surface area contributed by atoms with Crippen LogP contribution in [0.15, 0.2) is 42.5 Å². The van der Waals surface area contributed by atoms with Crippen LogP contribution in [0.1, 0.15) is 57.1 Å². The fourth-order valence-corrected chi connectivity index (χ4v) is 3.12. The van der Waals surface area contributed by atoms with Crippen molar-refractivity contribution in [2.24, 2.45) is 5.92 Å². The molecule has 5 heteroatoms. The molecule has 2 N–H and O–H groups in total. The summed E-state index contributed by atoms with van der Waals surface area (Å²) in [6, 6.07) is 13.4. The Balaban J connectivity index is 1.66. The van der Waals surface area contributed by atoms with Gasteiger partial charge in [-0.25, -0.2) is 0 Å². The SMILES string of the molecule is CCC(C)c1ccccc1OC(C)C(=O)Nc1ccc(C)c(NC(=O)C2CC2)c1. The summed E-state index contributed by atoms with van der Waals surface area (Å²) in [6.07, 6.45) is 2.26. The quantitative estimate of drug-likeness (QED) is 0.641. The number of rotatable bonds is 8. The van der Waals surface area contributed by atoms with Gasteiger partial charge in [-0.1, -0.05) is 38.1 Å². The molecule has 0 bridgehead atoms. The molecule has 29 heavy (non-hydrogen) atoms. The van der Waals surface area contributed by atoms with Crippen LogP contribution in [0.25, 0.3) is 0 Å². The van der Waals surface area contributed by atoms with Gasteiger partial charge in [-0.2, -0.15) is 0 Å². The number of amides is 2. The largest absolute Gasteiger partial charge is 0.481 e. The molecule has 5 nitrogen and oxygen atoms in total. The first-order valence-corrected chi connectivity index (χ1v) is 10.4. The molecule has 1 saturated carbocycles. The molecule has 0 saturated heterocycles. The van der Waals surface area contributed by atoms with E-state index in [1.165, 1.54) is 0 Å². The molecule has 1 aliphatic rings. The first-order chi connectivity index (χ1) is 13.9. The molecule has 0 aliphatic heterocycles. The second kappa shape index (κ2) is 9.12. The van der Waals surface area contributed by atoms with Gasteiger partial charge in [0.25, 0.3) is 5.91 Å². The number of carbonyl (C=O) groups is 2. The second-order valence-corrected chi connectivity index (χ2v) is 7.89. The van der Waals surface area contributed by atoms with E-state index in [1.54, 1.807) is 13.0 Å². The van der Waals surface area contributed by atoms with Crippen LogP contribution < -0.4 is 15.4 Å². The van der Waals surface area contributed by atoms with Gasteiger partial charge in [0.2, 0.25) is 5.91 Å². The van der Waals surface area contributed by atoms with Crippen LogP contribution in [-0.2, 0) is 9.59 Å². The van der Waals surface area contributed by atoms with Gasteiger partial charge >= 0.3 is 0 Å². The summed E-state index contributed by atoms with van der Waals surface area (Å²) in [5.41, 5.74) is 3.44. The van der Waals surface area contributed by atoms with Gasteiger partial charge in [0.15, 0.2) is 6.10 Å². The maximum absolute atomic E-state index is 12.7. The van der Waals surface area contributed by atoms with E-state index in [4.69, 9.17) is 4.74 Å². The number of ether oxygens (including phenoxy) is 1. The lowest BCUT2D eigenvalue weighted by molar-refractivity contribution is -0.122. The third-order valence-corrected chi connectivity index (χ3v) is 5.45. The summed E-state index contributed by atoms with van der Waals surface area (Å²) in [4.78, 5) is 24.7. The minimum absolute atomic E-state index is 0.0509. The highest BCUT2D eigenvalue weighted by atomic mass is 16.5. The van der Waals surface area contributed by atoms with Crippen molar-refractivity contribution in [3.05, 3.63) is 53.6 Å².